The van der Waals surface area contributed by atoms with Crippen LogP contribution in [0.15, 0.2) is 43.0 Å². The maximum atomic E-state index is 14.2. The molecule has 15 nitrogen and oxygen atoms in total. The Hall–Kier alpha value is -3.41. The van der Waals surface area contributed by atoms with Gasteiger partial charge in [-0.2, -0.15) is 0 Å². The van der Waals surface area contributed by atoms with Crippen molar-refractivity contribution in [2.45, 2.75) is 153 Å². The van der Waals surface area contributed by atoms with Gasteiger partial charge in [-0.25, -0.2) is 31.9 Å². The molecule has 0 amide bonds. The van der Waals surface area contributed by atoms with Crippen molar-refractivity contribution >= 4 is 50.6 Å². The number of esters is 2. The quantitative estimate of drug-likeness (QED) is 0.0835. The Morgan fingerprint density at radius 3 is 2.03 bits per heavy atom. The van der Waals surface area contributed by atoms with E-state index >= 15 is 0 Å². The minimum Gasteiger partial charge on any atom is -0.459 e. The summed E-state index contributed by atoms with van der Waals surface area (Å²) in [4.78, 5) is 35.9. The standard InChI is InChI=1S/C43H68FN3O12SSi2/c1-16-23-55-39(52)38-36(50)35(49)37(51)40(57-38)56-32(48)25-30(59-62(14,15)43(7,8)9)24-29(58-61(12,13)42(4,5)6)21-22-31-33(26(2)3)45-41(47(10)60(11,53)54)46-34(31)27-17-19-28(44)20-18-27/h16-22,26,29-30,35-38,40,49-51H,1,23-25H2,2-15H3/b22-21+/t29-,30-,35?,36-,37+,38-,40+/m0/s1. The molecule has 3 N–H and O–H groups in total. The molecule has 0 radical (unpaired) electrons. The zero-order chi connectivity index (χ0) is 47.3. The Balaban J connectivity index is 2.18. The minimum atomic E-state index is -3.76. The van der Waals surface area contributed by atoms with E-state index in [1.807, 2.05) is 39.1 Å². The van der Waals surface area contributed by atoms with Gasteiger partial charge in [0.25, 0.3) is 0 Å². The van der Waals surface area contributed by atoms with E-state index < -0.39 is 87.3 Å². The number of hydrogen-bond acceptors (Lipinski definition) is 14. The lowest BCUT2D eigenvalue weighted by atomic mass is 9.97. The molecule has 0 bridgehead atoms. The number of ether oxygens (including phenoxy) is 3. The summed E-state index contributed by atoms with van der Waals surface area (Å²) in [5.41, 5.74) is 1.95. The third kappa shape index (κ3) is 13.6. The van der Waals surface area contributed by atoms with Gasteiger partial charge in [0, 0.05) is 24.6 Å². The van der Waals surface area contributed by atoms with Crippen molar-refractivity contribution < 1.29 is 60.8 Å². The number of nitrogens with zero attached hydrogens (tertiary/aromatic N) is 3. The predicted octanol–water partition coefficient (Wildman–Crippen LogP) is 6.46. The number of aliphatic hydroxyl groups excluding tert-OH is 3. The van der Waals surface area contributed by atoms with E-state index in [1.165, 1.54) is 25.3 Å². The van der Waals surface area contributed by atoms with E-state index in [9.17, 15) is 37.7 Å². The maximum Gasteiger partial charge on any atom is 0.338 e. The van der Waals surface area contributed by atoms with Crippen LogP contribution in [0.1, 0.15) is 85.4 Å². The van der Waals surface area contributed by atoms with Gasteiger partial charge in [-0.15, -0.1) is 0 Å². The van der Waals surface area contributed by atoms with Crippen LogP contribution >= 0.6 is 0 Å². The molecule has 1 aromatic heterocycles. The van der Waals surface area contributed by atoms with Crippen LogP contribution in [0.4, 0.5) is 10.3 Å². The maximum absolute atomic E-state index is 14.2. The van der Waals surface area contributed by atoms with Crippen molar-refractivity contribution in [1.29, 1.82) is 0 Å². The average molecular weight is 926 g/mol. The van der Waals surface area contributed by atoms with E-state index in [0.29, 0.717) is 22.5 Å². The van der Waals surface area contributed by atoms with Crippen molar-refractivity contribution in [3.63, 3.8) is 0 Å². The van der Waals surface area contributed by atoms with E-state index in [2.05, 4.69) is 61.2 Å². The van der Waals surface area contributed by atoms with Crippen LogP contribution in [0.3, 0.4) is 0 Å². The first kappa shape index (κ1) is 52.9. The first-order chi connectivity index (χ1) is 28.3. The van der Waals surface area contributed by atoms with E-state index in [0.717, 1.165) is 10.6 Å². The summed E-state index contributed by atoms with van der Waals surface area (Å²) in [6.07, 6.45) is -5.03. The predicted molar refractivity (Wildman–Crippen MR) is 241 cm³/mol. The zero-order valence-corrected chi connectivity index (χ0v) is 41.4. The molecular weight excluding hydrogens is 858 g/mol. The van der Waals surface area contributed by atoms with Crippen LogP contribution in [0.25, 0.3) is 17.3 Å². The minimum absolute atomic E-state index is 0.0582. The van der Waals surface area contributed by atoms with Gasteiger partial charge in [-0.05, 0) is 66.4 Å². The molecule has 2 heterocycles. The molecule has 1 aliphatic heterocycles. The number of hydrogen-bond donors (Lipinski definition) is 3. The summed E-state index contributed by atoms with van der Waals surface area (Å²) >= 11 is 0. The monoisotopic (exact) mass is 925 g/mol. The second kappa shape index (κ2) is 20.6. The van der Waals surface area contributed by atoms with E-state index in [1.54, 1.807) is 12.1 Å². The molecule has 7 atom stereocenters. The number of carbonyl (C=O) groups is 2. The van der Waals surface area contributed by atoms with Crippen molar-refractivity contribution in [2.75, 3.05) is 24.2 Å². The van der Waals surface area contributed by atoms with Crippen LogP contribution in [-0.2, 0) is 42.7 Å². The Morgan fingerprint density at radius 1 is 0.952 bits per heavy atom. The summed E-state index contributed by atoms with van der Waals surface area (Å²) in [6, 6.07) is 5.70. The molecule has 3 rings (SSSR count). The summed E-state index contributed by atoms with van der Waals surface area (Å²) < 4.78 is 70.5. The van der Waals surface area contributed by atoms with Crippen LogP contribution in [0, 0.1) is 5.82 Å². The summed E-state index contributed by atoms with van der Waals surface area (Å²) in [6.45, 7) is 27.8. The smallest absolute Gasteiger partial charge is 0.338 e. The fraction of sp³-hybridized carbons (Fsp3) is 0.628. The fourth-order valence-electron chi connectivity index (χ4n) is 5.87. The first-order valence-corrected chi connectivity index (χ1v) is 28.3. The third-order valence-electron chi connectivity index (χ3n) is 11.7. The number of rotatable bonds is 18. The average Bonchev–Trinajstić information content (AvgIpc) is 3.14. The van der Waals surface area contributed by atoms with Gasteiger partial charge in [0.2, 0.25) is 22.3 Å². The molecule has 1 aliphatic rings. The fourth-order valence-corrected chi connectivity index (χ4v) is 8.90. The lowest BCUT2D eigenvalue weighted by Gasteiger charge is -2.42. The molecule has 1 fully saturated rings. The van der Waals surface area contributed by atoms with Crippen molar-refractivity contribution in [1.82, 2.24) is 9.97 Å². The van der Waals surface area contributed by atoms with Crippen molar-refractivity contribution in [3.8, 4) is 11.3 Å². The highest BCUT2D eigenvalue weighted by Crippen LogP contribution is 2.41. The SMILES string of the molecule is C=CCOC(=O)[C@H]1O[C@@H](OC(=O)C[C@H](C[C@H](/C=C/c2c(-c3ccc(F)cc3)nc(N(C)S(C)(=O)=O)nc2C(C)C)O[Si](C)(C)C(C)(C)C)O[Si](C)(C)C(C)(C)C)[C@H](O)C(O)[C@@H]1O. The molecule has 1 unspecified atom stereocenters. The zero-order valence-electron chi connectivity index (χ0n) is 38.6. The van der Waals surface area contributed by atoms with Crippen molar-refractivity contribution in [2.24, 2.45) is 0 Å². The molecule has 0 saturated carbocycles. The van der Waals surface area contributed by atoms with Gasteiger partial charge in [0.05, 0.1) is 36.3 Å². The second-order valence-electron chi connectivity index (χ2n) is 19.1. The van der Waals surface area contributed by atoms with E-state index in [-0.39, 0.29) is 41.4 Å². The van der Waals surface area contributed by atoms with Gasteiger partial charge in [-0.3, -0.25) is 4.79 Å². The molecular formula is C43H68FN3O12SSi2. The van der Waals surface area contributed by atoms with Crippen LogP contribution in [-0.4, -0.2) is 125 Å². The molecule has 0 aliphatic carbocycles. The van der Waals surface area contributed by atoms with Gasteiger partial charge in [0.15, 0.2) is 22.7 Å². The van der Waals surface area contributed by atoms with Crippen molar-refractivity contribution in [3.05, 3.63) is 60.1 Å². The van der Waals surface area contributed by atoms with Crippen LogP contribution in [0.5, 0.6) is 0 Å². The lowest BCUT2D eigenvalue weighted by Crippen LogP contribution is -2.61. The normalized spacial score (nSPS) is 21.4. The second-order valence-corrected chi connectivity index (χ2v) is 30.6. The summed E-state index contributed by atoms with van der Waals surface area (Å²) in [5, 5.41) is 31.3. The highest BCUT2D eigenvalue weighted by atomic mass is 32.2. The Morgan fingerprint density at radius 2 is 1.52 bits per heavy atom. The number of sulfonamides is 1. The first-order valence-electron chi connectivity index (χ1n) is 20.6. The molecule has 62 heavy (non-hydrogen) atoms. The van der Waals surface area contributed by atoms with Crippen LogP contribution in [0.2, 0.25) is 36.3 Å². The number of aromatic nitrogens is 2. The Bertz CT molecular complexity index is 2020. The molecule has 2 aromatic rings. The number of anilines is 1. The Kier molecular flexibility index (Phi) is 17.6. The van der Waals surface area contributed by atoms with Gasteiger partial charge in [0.1, 0.15) is 30.7 Å². The summed E-state index contributed by atoms with van der Waals surface area (Å²) in [5.74, 6) is -2.68. The molecule has 1 saturated heterocycles. The van der Waals surface area contributed by atoms with Gasteiger partial charge in [-0.1, -0.05) is 80.2 Å². The Labute approximate surface area is 369 Å². The number of aliphatic hydroxyl groups is 3. The number of halogens is 1. The highest BCUT2D eigenvalue weighted by Gasteiger charge is 2.50. The molecule has 348 valence electrons. The largest absolute Gasteiger partial charge is 0.459 e. The number of benzene rings is 1. The lowest BCUT2D eigenvalue weighted by molar-refractivity contribution is -0.287. The van der Waals surface area contributed by atoms with E-state index in [4.69, 9.17) is 33.0 Å². The molecule has 0 spiro atoms. The number of carbonyl (C=O) groups excluding carboxylic acids is 2. The summed E-state index contributed by atoms with van der Waals surface area (Å²) in [7, 11) is -7.59. The highest BCUT2D eigenvalue weighted by molar-refractivity contribution is 7.92. The van der Waals surface area contributed by atoms with Gasteiger partial charge < -0.3 is 38.4 Å². The van der Waals surface area contributed by atoms with Crippen LogP contribution < -0.4 is 4.31 Å². The third-order valence-corrected chi connectivity index (χ3v) is 21.9. The van der Waals surface area contributed by atoms with Gasteiger partial charge >= 0.3 is 11.9 Å². The molecule has 1 aromatic carbocycles. The topological polar surface area (TPSA) is 204 Å². The molecule has 19 heteroatoms.